The molecule has 5 heteroatoms. The van der Waals surface area contributed by atoms with Crippen LogP contribution in [0.3, 0.4) is 0 Å². The maximum absolute atomic E-state index is 10.1. The Morgan fingerprint density at radius 2 is 2.19 bits per heavy atom. The van der Waals surface area contributed by atoms with Gasteiger partial charge in [-0.15, -0.1) is 0 Å². The molecule has 0 saturated carbocycles. The summed E-state index contributed by atoms with van der Waals surface area (Å²) in [5, 5.41) is 11.1. The van der Waals surface area contributed by atoms with Gasteiger partial charge in [-0.05, 0) is 42.4 Å². The molecule has 3 N–H and O–H groups in total. The van der Waals surface area contributed by atoms with Gasteiger partial charge in [-0.25, -0.2) is 0 Å². The fourth-order valence-electron chi connectivity index (χ4n) is 2.16. The molecule has 3 unspecified atom stereocenters. The SMILES string of the molecule is CCC(C)CCC(N)C(O)COc1cccc2sncc12. The van der Waals surface area contributed by atoms with Crippen molar-refractivity contribution in [1.29, 1.82) is 0 Å². The highest BCUT2D eigenvalue weighted by atomic mass is 32.1. The molecule has 116 valence electrons. The Balaban J connectivity index is 1.86. The molecule has 0 aliphatic rings. The standard InChI is InChI=1S/C16H24N2O2S/c1-3-11(2)7-8-13(17)14(19)10-20-15-5-4-6-16-12(15)9-18-21-16/h4-6,9,11,13-14,19H,3,7-8,10,17H2,1-2H3. The molecule has 0 fully saturated rings. The van der Waals surface area contributed by atoms with Crippen LogP contribution in [0.5, 0.6) is 5.75 Å². The molecule has 4 nitrogen and oxygen atoms in total. The molecule has 0 radical (unpaired) electrons. The van der Waals surface area contributed by atoms with E-state index in [9.17, 15) is 5.11 Å². The van der Waals surface area contributed by atoms with Gasteiger partial charge >= 0.3 is 0 Å². The lowest BCUT2D eigenvalue weighted by molar-refractivity contribution is 0.0813. The Labute approximate surface area is 130 Å². The summed E-state index contributed by atoms with van der Waals surface area (Å²) in [6.45, 7) is 4.60. The van der Waals surface area contributed by atoms with Crippen molar-refractivity contribution < 1.29 is 9.84 Å². The Morgan fingerprint density at radius 3 is 2.95 bits per heavy atom. The van der Waals surface area contributed by atoms with Gasteiger partial charge in [0.25, 0.3) is 0 Å². The third-order valence-corrected chi connectivity index (χ3v) is 4.72. The van der Waals surface area contributed by atoms with Gasteiger partial charge < -0.3 is 15.6 Å². The zero-order chi connectivity index (χ0) is 15.2. The normalized spacial score (nSPS) is 15.8. The second-order valence-electron chi connectivity index (χ2n) is 5.63. The van der Waals surface area contributed by atoms with Gasteiger partial charge in [0, 0.05) is 6.04 Å². The summed E-state index contributed by atoms with van der Waals surface area (Å²) in [5.74, 6) is 1.41. The van der Waals surface area contributed by atoms with E-state index in [-0.39, 0.29) is 12.6 Å². The number of nitrogens with zero attached hydrogens (tertiary/aromatic N) is 1. The van der Waals surface area contributed by atoms with Crippen LogP contribution in [0.1, 0.15) is 33.1 Å². The number of ether oxygens (including phenoxy) is 1. The van der Waals surface area contributed by atoms with Crippen molar-refractivity contribution in [2.75, 3.05) is 6.61 Å². The van der Waals surface area contributed by atoms with Crippen molar-refractivity contribution in [1.82, 2.24) is 4.37 Å². The summed E-state index contributed by atoms with van der Waals surface area (Å²) in [6, 6.07) is 5.60. The van der Waals surface area contributed by atoms with Crippen LogP contribution in [0.4, 0.5) is 0 Å². The van der Waals surface area contributed by atoms with Crippen molar-refractivity contribution in [3.05, 3.63) is 24.4 Å². The molecule has 0 aliphatic heterocycles. The van der Waals surface area contributed by atoms with Crippen molar-refractivity contribution in [2.45, 2.75) is 45.3 Å². The van der Waals surface area contributed by atoms with Gasteiger partial charge in [0.1, 0.15) is 18.5 Å². The van der Waals surface area contributed by atoms with E-state index in [0.29, 0.717) is 5.92 Å². The number of aromatic nitrogens is 1. The zero-order valence-corrected chi connectivity index (χ0v) is 13.5. The van der Waals surface area contributed by atoms with Gasteiger partial charge in [-0.1, -0.05) is 26.3 Å². The molecule has 2 rings (SSSR count). The number of aliphatic hydroxyl groups is 1. The van der Waals surface area contributed by atoms with Gasteiger partial charge in [0.2, 0.25) is 0 Å². The van der Waals surface area contributed by atoms with Crippen molar-refractivity contribution in [3.8, 4) is 5.75 Å². The van der Waals surface area contributed by atoms with E-state index in [4.69, 9.17) is 10.5 Å². The predicted molar refractivity (Wildman–Crippen MR) is 87.8 cm³/mol. The van der Waals surface area contributed by atoms with E-state index in [1.54, 1.807) is 6.20 Å². The molecule has 21 heavy (non-hydrogen) atoms. The molecule has 0 bridgehead atoms. The Morgan fingerprint density at radius 1 is 1.38 bits per heavy atom. The van der Waals surface area contributed by atoms with Crippen LogP contribution < -0.4 is 10.5 Å². The van der Waals surface area contributed by atoms with Crippen molar-refractivity contribution in [2.24, 2.45) is 11.7 Å². The molecule has 3 atom stereocenters. The first-order valence-electron chi connectivity index (χ1n) is 7.51. The fraction of sp³-hybridized carbons (Fsp3) is 0.562. The quantitative estimate of drug-likeness (QED) is 0.786. The highest BCUT2D eigenvalue weighted by Crippen LogP contribution is 2.27. The van der Waals surface area contributed by atoms with E-state index >= 15 is 0 Å². The van der Waals surface area contributed by atoms with Gasteiger partial charge in [0.15, 0.2) is 0 Å². The molecular weight excluding hydrogens is 284 g/mol. The lowest BCUT2D eigenvalue weighted by Crippen LogP contribution is -2.39. The van der Waals surface area contributed by atoms with Crippen LogP contribution in [0.2, 0.25) is 0 Å². The number of rotatable bonds is 8. The van der Waals surface area contributed by atoms with Crippen molar-refractivity contribution in [3.63, 3.8) is 0 Å². The zero-order valence-electron chi connectivity index (χ0n) is 12.7. The van der Waals surface area contributed by atoms with Gasteiger partial charge in [-0.3, -0.25) is 0 Å². The third kappa shape index (κ3) is 4.40. The summed E-state index contributed by atoms with van der Waals surface area (Å²) in [5.41, 5.74) is 6.04. The topological polar surface area (TPSA) is 68.4 Å². The van der Waals surface area contributed by atoms with Gasteiger partial charge in [0.05, 0.1) is 16.3 Å². The summed E-state index contributed by atoms with van der Waals surface area (Å²) in [6.07, 6.45) is 4.16. The first kappa shape index (κ1) is 16.2. The van der Waals surface area contributed by atoms with E-state index in [1.807, 2.05) is 18.2 Å². The number of hydrogen-bond acceptors (Lipinski definition) is 5. The number of fused-ring (bicyclic) bond motifs is 1. The minimum atomic E-state index is -0.643. The molecule has 1 aromatic heterocycles. The number of benzene rings is 1. The highest BCUT2D eigenvalue weighted by molar-refractivity contribution is 7.13. The lowest BCUT2D eigenvalue weighted by Gasteiger charge is -2.20. The summed E-state index contributed by atoms with van der Waals surface area (Å²) < 4.78 is 11.0. The van der Waals surface area contributed by atoms with Crippen LogP contribution in [0.15, 0.2) is 24.4 Å². The number of nitrogens with two attached hydrogens (primary N) is 1. The van der Waals surface area contributed by atoms with Crippen LogP contribution in [-0.4, -0.2) is 28.2 Å². The fourth-order valence-corrected chi connectivity index (χ4v) is 2.83. The average Bonchev–Trinajstić information content (AvgIpc) is 2.98. The number of aliphatic hydroxyl groups excluding tert-OH is 1. The molecule has 1 heterocycles. The molecule has 0 saturated heterocycles. The Kier molecular flexibility index (Phi) is 5.96. The maximum atomic E-state index is 10.1. The van der Waals surface area contributed by atoms with Crippen LogP contribution in [0.25, 0.3) is 10.1 Å². The number of hydrogen-bond donors (Lipinski definition) is 2. The summed E-state index contributed by atoms with van der Waals surface area (Å²) in [4.78, 5) is 0. The third-order valence-electron chi connectivity index (χ3n) is 3.95. The van der Waals surface area contributed by atoms with Gasteiger partial charge in [-0.2, -0.15) is 4.37 Å². The molecule has 1 aromatic carbocycles. The second-order valence-corrected chi connectivity index (χ2v) is 6.46. The molecule has 2 aromatic rings. The van der Waals surface area contributed by atoms with Crippen molar-refractivity contribution >= 4 is 21.6 Å². The maximum Gasteiger partial charge on any atom is 0.129 e. The first-order valence-corrected chi connectivity index (χ1v) is 8.29. The monoisotopic (exact) mass is 308 g/mol. The Hall–Kier alpha value is -1.17. The van der Waals surface area contributed by atoms with E-state index < -0.39 is 6.10 Å². The minimum Gasteiger partial charge on any atom is -0.490 e. The summed E-state index contributed by atoms with van der Waals surface area (Å²) in [7, 11) is 0. The first-order chi connectivity index (χ1) is 10.1. The predicted octanol–water partition coefficient (Wildman–Crippen LogP) is 3.19. The van der Waals surface area contributed by atoms with E-state index in [1.165, 1.54) is 11.5 Å². The molecule has 0 amide bonds. The van der Waals surface area contributed by atoms with Crippen LogP contribution in [-0.2, 0) is 0 Å². The molecular formula is C16H24N2O2S. The van der Waals surface area contributed by atoms with Crippen LogP contribution in [0, 0.1) is 5.92 Å². The molecule has 0 spiro atoms. The average molecular weight is 308 g/mol. The lowest BCUT2D eigenvalue weighted by atomic mass is 9.97. The summed E-state index contributed by atoms with van der Waals surface area (Å²) >= 11 is 1.44. The van der Waals surface area contributed by atoms with E-state index in [0.717, 1.165) is 35.1 Å². The van der Waals surface area contributed by atoms with Crippen LogP contribution >= 0.6 is 11.5 Å². The largest absolute Gasteiger partial charge is 0.490 e. The van der Waals surface area contributed by atoms with E-state index in [2.05, 4.69) is 18.2 Å². The second kappa shape index (κ2) is 7.73. The smallest absolute Gasteiger partial charge is 0.129 e. The Bertz CT molecular complexity index is 558. The molecule has 0 aliphatic carbocycles. The highest BCUT2D eigenvalue weighted by Gasteiger charge is 2.17. The minimum absolute atomic E-state index is 0.219.